The molecule has 1 rings (SSSR count). The van der Waals surface area contributed by atoms with Gasteiger partial charge in [-0.15, -0.1) is 11.6 Å². The molecule has 17 heavy (non-hydrogen) atoms. The highest BCUT2D eigenvalue weighted by Gasteiger charge is 2.25. The molecule has 100 valence electrons. The van der Waals surface area contributed by atoms with Crippen molar-refractivity contribution in [3.63, 3.8) is 0 Å². The Bertz CT molecular complexity index is 359. The van der Waals surface area contributed by atoms with E-state index in [9.17, 15) is 13.2 Å². The minimum Gasteiger partial charge on any atom is -0.342 e. The lowest BCUT2D eigenvalue weighted by atomic mass is 10.4. The van der Waals surface area contributed by atoms with Crippen LogP contribution < -0.4 is 0 Å². The van der Waals surface area contributed by atoms with Gasteiger partial charge in [0.05, 0.1) is 5.75 Å². The van der Waals surface area contributed by atoms with Gasteiger partial charge in [-0.1, -0.05) is 0 Å². The van der Waals surface area contributed by atoms with Gasteiger partial charge in [-0.25, -0.2) is 12.7 Å². The number of sulfonamides is 1. The van der Waals surface area contributed by atoms with Crippen LogP contribution in [0.2, 0.25) is 0 Å². The second-order valence-electron chi connectivity index (χ2n) is 4.12. The first-order valence-electron chi connectivity index (χ1n) is 5.76. The van der Waals surface area contributed by atoms with Gasteiger partial charge in [-0.2, -0.15) is 0 Å². The highest BCUT2D eigenvalue weighted by atomic mass is 35.5. The van der Waals surface area contributed by atoms with Crippen LogP contribution in [0.1, 0.15) is 19.8 Å². The largest absolute Gasteiger partial charge is 0.342 e. The van der Waals surface area contributed by atoms with E-state index in [-0.39, 0.29) is 11.7 Å². The predicted octanol–water partition coefficient (Wildman–Crippen LogP) is 0.499. The molecule has 1 saturated heterocycles. The number of alkyl halides is 1. The van der Waals surface area contributed by atoms with Crippen molar-refractivity contribution >= 4 is 27.5 Å². The van der Waals surface area contributed by atoms with E-state index in [4.69, 9.17) is 11.6 Å². The highest BCUT2D eigenvalue weighted by molar-refractivity contribution is 7.89. The summed E-state index contributed by atoms with van der Waals surface area (Å²) in [6, 6.07) is 0. The normalized spacial score (nSPS) is 19.1. The van der Waals surface area contributed by atoms with E-state index < -0.39 is 10.0 Å². The maximum absolute atomic E-state index is 11.9. The number of hydrogen-bond acceptors (Lipinski definition) is 3. The molecule has 1 aliphatic heterocycles. The maximum atomic E-state index is 11.9. The van der Waals surface area contributed by atoms with Crippen molar-refractivity contribution in [2.75, 3.05) is 37.8 Å². The molecule has 0 aliphatic carbocycles. The number of carbonyl (C=O) groups is 1. The van der Waals surface area contributed by atoms with Gasteiger partial charge in [0.15, 0.2) is 0 Å². The molecule has 0 N–H and O–H groups in total. The van der Waals surface area contributed by atoms with Crippen LogP contribution in [0.25, 0.3) is 0 Å². The van der Waals surface area contributed by atoms with Crippen LogP contribution in [-0.4, -0.2) is 61.3 Å². The number of hydrogen-bond donors (Lipinski definition) is 0. The zero-order valence-electron chi connectivity index (χ0n) is 10.1. The second kappa shape index (κ2) is 6.56. The fourth-order valence-electron chi connectivity index (χ4n) is 1.85. The zero-order valence-corrected chi connectivity index (χ0v) is 11.6. The first-order valence-corrected chi connectivity index (χ1v) is 7.91. The third-order valence-corrected chi connectivity index (χ3v) is 5.05. The monoisotopic (exact) mass is 282 g/mol. The number of carbonyl (C=O) groups excluding carboxylic acids is 1. The molecule has 1 aliphatic rings. The van der Waals surface area contributed by atoms with Crippen molar-refractivity contribution in [2.24, 2.45) is 0 Å². The topological polar surface area (TPSA) is 57.7 Å². The Labute approximate surface area is 108 Å². The number of rotatable bonds is 4. The summed E-state index contributed by atoms with van der Waals surface area (Å²) in [5.41, 5.74) is 0. The van der Waals surface area contributed by atoms with E-state index in [2.05, 4.69) is 0 Å². The van der Waals surface area contributed by atoms with Crippen LogP contribution in [0, 0.1) is 0 Å². The van der Waals surface area contributed by atoms with Gasteiger partial charge >= 0.3 is 0 Å². The lowest BCUT2D eigenvalue weighted by Gasteiger charge is -2.20. The summed E-state index contributed by atoms with van der Waals surface area (Å²) in [6.45, 7) is 3.52. The summed E-state index contributed by atoms with van der Waals surface area (Å²) in [5.74, 6) is 0.452. The van der Waals surface area contributed by atoms with Gasteiger partial charge in [-0.05, 0) is 12.8 Å². The third-order valence-electron chi connectivity index (χ3n) is 2.83. The van der Waals surface area contributed by atoms with Crippen molar-refractivity contribution in [1.29, 1.82) is 0 Å². The van der Waals surface area contributed by atoms with Gasteiger partial charge in [0.1, 0.15) is 0 Å². The molecule has 0 saturated carbocycles. The van der Waals surface area contributed by atoms with Crippen LogP contribution in [0.4, 0.5) is 0 Å². The molecule has 0 atom stereocenters. The molecule has 0 spiro atoms. The molecule has 5 nitrogen and oxygen atoms in total. The molecule has 0 aromatic carbocycles. The van der Waals surface area contributed by atoms with E-state index in [0.717, 1.165) is 0 Å². The molecule has 1 heterocycles. The Morgan fingerprint density at radius 3 is 2.53 bits per heavy atom. The van der Waals surface area contributed by atoms with Crippen molar-refractivity contribution in [1.82, 2.24) is 9.21 Å². The van der Waals surface area contributed by atoms with Crippen LogP contribution in [0.5, 0.6) is 0 Å². The Morgan fingerprint density at radius 1 is 1.24 bits per heavy atom. The smallest absolute Gasteiger partial charge is 0.219 e. The second-order valence-corrected chi connectivity index (χ2v) is 6.58. The summed E-state index contributed by atoms with van der Waals surface area (Å²) in [7, 11) is -3.21. The van der Waals surface area contributed by atoms with Gasteiger partial charge in [-0.3, -0.25) is 4.79 Å². The van der Waals surface area contributed by atoms with E-state index in [1.165, 1.54) is 11.2 Å². The number of nitrogens with zero attached hydrogens (tertiary/aromatic N) is 2. The first kappa shape index (κ1) is 14.7. The lowest BCUT2D eigenvalue weighted by molar-refractivity contribution is -0.128. The van der Waals surface area contributed by atoms with E-state index in [0.29, 0.717) is 44.9 Å². The van der Waals surface area contributed by atoms with Crippen molar-refractivity contribution in [3.8, 4) is 0 Å². The summed E-state index contributed by atoms with van der Waals surface area (Å²) in [4.78, 5) is 12.9. The highest BCUT2D eigenvalue weighted by Crippen LogP contribution is 2.10. The Balaban J connectivity index is 2.59. The molecule has 1 fully saturated rings. The average molecular weight is 283 g/mol. The lowest BCUT2D eigenvalue weighted by Crippen LogP contribution is -2.37. The molecule has 1 amide bonds. The van der Waals surface area contributed by atoms with Gasteiger partial charge in [0, 0.05) is 39.0 Å². The quantitative estimate of drug-likeness (QED) is 0.706. The van der Waals surface area contributed by atoms with Crippen molar-refractivity contribution in [3.05, 3.63) is 0 Å². The standard InChI is InChI=1S/C10H19ClN2O3S/c1-10(14)12-5-3-6-13(8-7-12)17(15,16)9-2-4-11/h2-9H2,1H3. The Morgan fingerprint density at radius 2 is 1.94 bits per heavy atom. The summed E-state index contributed by atoms with van der Waals surface area (Å²) < 4.78 is 25.3. The van der Waals surface area contributed by atoms with E-state index >= 15 is 0 Å². The number of amides is 1. The number of halogens is 1. The van der Waals surface area contributed by atoms with Crippen molar-refractivity contribution < 1.29 is 13.2 Å². The molecule has 0 radical (unpaired) electrons. The molecule has 7 heteroatoms. The molecular weight excluding hydrogens is 264 g/mol. The molecule has 0 unspecified atom stereocenters. The summed E-state index contributed by atoms with van der Waals surface area (Å²) in [6.07, 6.45) is 1.16. The Kier molecular flexibility index (Phi) is 5.69. The average Bonchev–Trinajstić information content (AvgIpc) is 2.52. The fourth-order valence-corrected chi connectivity index (χ4v) is 3.68. The Hall–Kier alpha value is -0.330. The van der Waals surface area contributed by atoms with Crippen LogP contribution in [0.15, 0.2) is 0 Å². The van der Waals surface area contributed by atoms with Crippen LogP contribution in [0.3, 0.4) is 0 Å². The molecule has 0 aromatic rings. The van der Waals surface area contributed by atoms with Crippen LogP contribution in [-0.2, 0) is 14.8 Å². The SMILES string of the molecule is CC(=O)N1CCCN(S(=O)(=O)CCCCl)CC1. The first-order chi connectivity index (χ1) is 7.97. The zero-order chi connectivity index (χ0) is 12.9. The summed E-state index contributed by atoms with van der Waals surface area (Å²) >= 11 is 5.51. The molecule has 0 aromatic heterocycles. The van der Waals surface area contributed by atoms with E-state index in [1.807, 2.05) is 0 Å². The van der Waals surface area contributed by atoms with Crippen molar-refractivity contribution in [2.45, 2.75) is 19.8 Å². The van der Waals surface area contributed by atoms with E-state index in [1.54, 1.807) is 4.90 Å². The summed E-state index contributed by atoms with van der Waals surface area (Å²) in [5, 5.41) is 0. The van der Waals surface area contributed by atoms with Gasteiger partial charge in [0.2, 0.25) is 15.9 Å². The molecule has 0 bridgehead atoms. The minimum absolute atomic E-state index is 0.00464. The van der Waals surface area contributed by atoms with Crippen LogP contribution >= 0.6 is 11.6 Å². The van der Waals surface area contributed by atoms with Gasteiger partial charge in [0.25, 0.3) is 0 Å². The van der Waals surface area contributed by atoms with Gasteiger partial charge < -0.3 is 4.90 Å². The fraction of sp³-hybridized carbons (Fsp3) is 0.900. The maximum Gasteiger partial charge on any atom is 0.219 e. The minimum atomic E-state index is -3.21. The molecular formula is C10H19ClN2O3S. The third kappa shape index (κ3) is 4.44. The predicted molar refractivity (Wildman–Crippen MR) is 67.6 cm³/mol.